The van der Waals surface area contributed by atoms with Gasteiger partial charge in [0, 0.05) is 100 Å². The van der Waals surface area contributed by atoms with Gasteiger partial charge in [0.15, 0.2) is 0 Å². The summed E-state index contributed by atoms with van der Waals surface area (Å²) in [7, 11) is -11.0. The second-order valence-electron chi connectivity index (χ2n) is 33.6. The molecule has 1 aliphatic heterocycles. The van der Waals surface area contributed by atoms with Crippen LogP contribution in [0.5, 0.6) is 0 Å². The van der Waals surface area contributed by atoms with Crippen LogP contribution in [0, 0.1) is 5.92 Å². The molecule has 2 unspecified atom stereocenters. The Morgan fingerprint density at radius 2 is 0.992 bits per heavy atom. The number of hydrogen-bond acceptors (Lipinski definition) is 22. The van der Waals surface area contributed by atoms with Crippen LogP contribution in [0.15, 0.2) is 59.5 Å². The Morgan fingerprint density at radius 3 is 1.46 bits per heavy atom. The van der Waals surface area contributed by atoms with Crippen molar-refractivity contribution in [2.75, 3.05) is 70.7 Å². The number of fused-ring (bicyclic) bond motifs is 2. The Morgan fingerprint density at radius 1 is 0.541 bits per heavy atom. The largest absolute Gasteiger partial charge is 0.456 e. The molecule has 0 saturated heterocycles. The zero-order valence-corrected chi connectivity index (χ0v) is 81.6. The van der Waals surface area contributed by atoms with Gasteiger partial charge in [-0.3, -0.25) is 52.5 Å². The summed E-state index contributed by atoms with van der Waals surface area (Å²) < 4.78 is 258. The van der Waals surface area contributed by atoms with Gasteiger partial charge in [0.25, 0.3) is 28.4 Å². The molecule has 1 saturated carbocycles. The Kier molecular flexibility index (Phi) is 61.7. The van der Waals surface area contributed by atoms with E-state index in [1.807, 2.05) is 60.1 Å². The molecule has 1 heterocycles. The van der Waals surface area contributed by atoms with Crippen molar-refractivity contribution in [1.82, 2.24) is 30.5 Å². The lowest BCUT2D eigenvalue weighted by molar-refractivity contribution is -0.278. The second kappa shape index (κ2) is 64.7. The lowest BCUT2D eigenvalue weighted by atomic mass is 9.93. The summed E-state index contributed by atoms with van der Waals surface area (Å²) >= 11 is 0. The number of halogens is 12. The predicted octanol–water partition coefficient (Wildman–Crippen LogP) is 16.6. The highest BCUT2D eigenvalue weighted by molar-refractivity contribution is 7.89. The Hall–Kier alpha value is -8.21. The first-order valence-electron chi connectivity index (χ1n) is 44.1. The molecule has 8 amide bonds. The van der Waals surface area contributed by atoms with E-state index in [0.717, 1.165) is 56.4 Å². The lowest BCUT2D eigenvalue weighted by Gasteiger charge is -2.34. The molecule has 45 heteroatoms. The van der Waals surface area contributed by atoms with Crippen LogP contribution in [0.1, 0.15) is 290 Å². The van der Waals surface area contributed by atoms with Gasteiger partial charge in [-0.15, -0.1) is 12.6 Å². The highest BCUT2D eigenvalue weighted by Crippen LogP contribution is 2.37. The fraction of sp³-hybridized carbons (Fsp3) is 0.716. The smallest absolute Gasteiger partial charge is 0.455 e. The zero-order chi connectivity index (χ0) is 102. The van der Waals surface area contributed by atoms with Gasteiger partial charge in [0.05, 0.1) is 79.2 Å². The number of sulfonamides is 1. The number of imide groups is 1. The maximum absolute atomic E-state index is 12.6. The number of anilines is 1. The van der Waals surface area contributed by atoms with Crippen LogP contribution < -0.4 is 26.0 Å². The first-order valence-corrected chi connectivity index (χ1v) is 48.4. The minimum Gasteiger partial charge on any atom is -0.456 e. The summed E-state index contributed by atoms with van der Waals surface area (Å²) in [4.78, 5) is 110. The molecule has 133 heavy (non-hydrogen) atoms. The molecule has 2 aliphatic rings. The molecule has 0 bridgehead atoms. The third kappa shape index (κ3) is 60.1. The van der Waals surface area contributed by atoms with Gasteiger partial charge >= 0.3 is 40.8 Å². The van der Waals surface area contributed by atoms with Gasteiger partial charge in [-0.25, -0.2) is 22.0 Å². The fourth-order valence-corrected chi connectivity index (χ4v) is 13.3. The Bertz CT molecular complexity index is 4340. The number of rotatable bonds is 48. The van der Waals surface area contributed by atoms with E-state index in [1.54, 1.807) is 62.6 Å². The highest BCUT2D eigenvalue weighted by Gasteiger charge is 2.58. The van der Waals surface area contributed by atoms with Crippen molar-refractivity contribution < 1.29 is 158 Å². The molecule has 6 N–H and O–H groups in total. The molecule has 3 aromatic rings. The molecular weight excluding hydrogens is 1850 g/mol. The molecule has 3 aromatic carbocycles. The molecule has 30 nitrogen and oxygen atoms in total. The van der Waals surface area contributed by atoms with Gasteiger partial charge in [-0.2, -0.15) is 52.3 Å². The quantitative estimate of drug-likeness (QED) is 0.0100. The molecule has 0 radical (unpaired) electrons. The van der Waals surface area contributed by atoms with Crippen molar-refractivity contribution in [3.05, 3.63) is 71.3 Å². The molecular formula is C88H139F12N7O23S3. The van der Waals surface area contributed by atoms with Crippen LogP contribution in [-0.4, -0.2) is 241 Å². The number of ether oxygens (including phenoxy) is 6. The monoisotopic (exact) mass is 1990 g/mol. The first-order chi connectivity index (χ1) is 61.4. The molecule has 0 spiro atoms. The van der Waals surface area contributed by atoms with E-state index < -0.39 is 128 Å². The maximum atomic E-state index is 12.6. The van der Waals surface area contributed by atoms with Crippen LogP contribution >= 0.6 is 0 Å². The zero-order valence-electron chi connectivity index (χ0n) is 79.1. The summed E-state index contributed by atoms with van der Waals surface area (Å²) in [5.41, 5.74) is 0.349. The Balaban J connectivity index is 0. The van der Waals surface area contributed by atoms with Gasteiger partial charge < -0.3 is 54.6 Å². The summed E-state index contributed by atoms with van der Waals surface area (Å²) in [6.45, 7) is 29.3. The minimum atomic E-state index is -5.66. The number of nitrogens with zero attached hydrogens (tertiary/aromatic N) is 2. The normalized spacial score (nSPS) is 13.5. The van der Waals surface area contributed by atoms with Crippen molar-refractivity contribution in [2.24, 2.45) is 5.92 Å². The van der Waals surface area contributed by atoms with E-state index in [-0.39, 0.29) is 89.7 Å². The number of carbonyl (C=O) groups is 9. The van der Waals surface area contributed by atoms with Crippen LogP contribution in [-0.2, 0) is 87.9 Å². The van der Waals surface area contributed by atoms with E-state index >= 15 is 0 Å². The van der Waals surface area contributed by atoms with Crippen LogP contribution in [0.4, 0.5) is 58.4 Å². The predicted molar refractivity (Wildman–Crippen MR) is 476 cm³/mol. The molecule has 766 valence electrons. The second-order valence-corrected chi connectivity index (χ2v) is 37.2. The first kappa shape index (κ1) is 127. The van der Waals surface area contributed by atoms with Gasteiger partial charge in [-0.1, -0.05) is 57.4 Å². The average molecular weight is 1990 g/mol. The van der Waals surface area contributed by atoms with E-state index in [9.17, 15) is 117 Å². The number of alkyl halides is 12. The number of benzene rings is 3. The van der Waals surface area contributed by atoms with Gasteiger partial charge in [0.1, 0.15) is 10.5 Å². The van der Waals surface area contributed by atoms with Crippen molar-refractivity contribution in [3.8, 4) is 0 Å². The number of hydrogen-bond donors (Lipinski definition) is 6. The molecule has 5 rings (SSSR count). The number of unbranched alkanes of at least 4 members (excludes halogenated alkanes) is 4. The van der Waals surface area contributed by atoms with Gasteiger partial charge in [-0.05, 0) is 224 Å². The van der Waals surface area contributed by atoms with Crippen molar-refractivity contribution >= 4 is 100 Å². The number of esters is 1. The maximum Gasteiger partial charge on any atom is 0.455 e. The van der Waals surface area contributed by atoms with Crippen LogP contribution in [0.25, 0.3) is 10.8 Å². The summed E-state index contributed by atoms with van der Waals surface area (Å²) in [5, 5.41) is 9.12. The number of carbonyl (C=O) groups excluding carboxylic acids is 9. The standard InChI is InChI=1S/C19H24N2O7S.C18H23NO5S.C17H33NO2.2C12H20F5NO2.C10H19F2NO2.O3S/c1-19(2,3)28-18(25)12-8-9-13-14(11-12)17(24)21(16(13)23)10-6-5-7-15(22)20-29(4,26)27;1-13(2)24-12-6-5-9-18(20)19-16-10-11-17(25(21,22)23)15-8-4-3-7-14(15)16;1-4-13-18(16-10-6-5-7-11-16)17(19)12-8-9-14-20-15(2)3;1-8(2)20-6-4-5-9(3)10(19)18-7-11(13,14)12(15,16)17;1-8(2)20-9(3)5-4-6-10(19)18-7-11(13,14)12(15,16)17;1-8(2)15-6-4-3-5-10(14)13-7-9(11)12;1-4(2)3/h8-9,11H,5-7,10H2,1-4H3,(H,20,22);3-4,7-8,10-11,13H,5-6,9,12H2,1-2H3,(H,19,20)(H,21,22,23);15-16H,4-14H2,1-3H3;2*8-9H,4-7H2,1-3H3,(H,18,19);8-9H,3-7H2,1-2H3,(H,13,14);. The highest BCUT2D eigenvalue weighted by atomic mass is 32.2. The third-order valence-corrected chi connectivity index (χ3v) is 19.9. The molecule has 1 aliphatic carbocycles. The summed E-state index contributed by atoms with van der Waals surface area (Å²) in [5.74, 6) is -14.4. The SMILES string of the molecule is CC(C)(C)OC(=O)c1ccc2c(c1)C(=O)N(CCCCC(=O)NS(C)(=O)=O)C2=O.CC(C)OC(C)CCCC(=O)NCC(F)(F)C(F)(F)F.CC(C)OCCCC(C)C(=O)NCC(F)(F)C(F)(F)F.CC(C)OCCCCC(=O)NCC(F)F.CC(C)OCCCCC(=O)Nc1ccc(S(=O)(=O)O)c2ccccc12.CCCN(C(=O)CCCCOC(C)C)C1CCCCC1.O=S(=O)=O. The molecule has 2 atom stereocenters. The van der Waals surface area contributed by atoms with Gasteiger partial charge in [0.2, 0.25) is 45.5 Å². The van der Waals surface area contributed by atoms with Crippen LogP contribution in [0.2, 0.25) is 0 Å². The third-order valence-electron chi connectivity index (χ3n) is 18.4. The van der Waals surface area contributed by atoms with E-state index in [4.69, 9.17) is 41.0 Å². The number of nitrogens with one attached hydrogen (secondary N) is 5. The molecule has 1 fully saturated rings. The summed E-state index contributed by atoms with van der Waals surface area (Å²) in [6.07, 6.45) is 3.67. The van der Waals surface area contributed by atoms with Crippen molar-refractivity contribution in [3.63, 3.8) is 0 Å². The molecule has 0 aromatic heterocycles. The lowest BCUT2D eigenvalue weighted by Crippen LogP contribution is -2.47. The average Bonchev–Trinajstić information content (AvgIpc) is 1.77. The Labute approximate surface area is 775 Å². The van der Waals surface area contributed by atoms with E-state index in [1.165, 1.54) is 69.4 Å². The summed E-state index contributed by atoms with van der Waals surface area (Å²) in [6, 6.07) is 14.2. The van der Waals surface area contributed by atoms with E-state index in [2.05, 4.69) is 36.3 Å². The van der Waals surface area contributed by atoms with Crippen molar-refractivity contribution in [1.29, 1.82) is 0 Å². The van der Waals surface area contributed by atoms with Crippen LogP contribution in [0.3, 0.4) is 0 Å². The topological polar surface area (TPSA) is 415 Å². The number of amides is 8. The van der Waals surface area contributed by atoms with Crippen molar-refractivity contribution in [2.45, 2.75) is 342 Å². The fourth-order valence-electron chi connectivity index (χ4n) is 12.1. The van der Waals surface area contributed by atoms with E-state index in [0.29, 0.717) is 119 Å². The minimum absolute atomic E-state index is 0.0318.